The third kappa shape index (κ3) is 4.29. The number of amides is 2. The molecule has 0 unspecified atom stereocenters. The van der Waals surface area contributed by atoms with Crippen LogP contribution in [0.4, 0.5) is 5.69 Å². The Balaban J connectivity index is 1.66. The number of thioether (sulfide) groups is 1. The number of anilines is 1. The molecule has 2 aliphatic heterocycles. The lowest BCUT2D eigenvalue weighted by Gasteiger charge is -2.18. The number of carbonyl (C=O) groups is 2. The maximum atomic E-state index is 13.5. The molecule has 0 saturated carbocycles. The fraction of sp³-hybridized carbons (Fsp3) is 0.292. The van der Waals surface area contributed by atoms with E-state index in [2.05, 4.69) is 6.92 Å². The Morgan fingerprint density at radius 3 is 2.45 bits per heavy atom. The zero-order chi connectivity index (χ0) is 22.0. The van der Waals surface area contributed by atoms with Crippen molar-refractivity contribution in [3.8, 4) is 0 Å². The second kappa shape index (κ2) is 9.55. The van der Waals surface area contributed by atoms with Gasteiger partial charge in [-0.15, -0.1) is 0 Å². The van der Waals surface area contributed by atoms with Crippen molar-refractivity contribution in [2.24, 2.45) is 0 Å². The van der Waals surface area contributed by atoms with Gasteiger partial charge < -0.3 is 4.90 Å². The number of hydrogen-bond acceptors (Lipinski definition) is 4. The molecular formula is C24H23ClN2O2S2. The summed E-state index contributed by atoms with van der Waals surface area (Å²) in [6.45, 7) is 3.10. The molecule has 2 heterocycles. The molecule has 2 amide bonds. The van der Waals surface area contributed by atoms with Crippen molar-refractivity contribution in [2.45, 2.75) is 39.2 Å². The molecule has 0 spiro atoms. The highest BCUT2D eigenvalue weighted by Gasteiger charge is 2.41. The van der Waals surface area contributed by atoms with Crippen LogP contribution in [-0.2, 0) is 16.1 Å². The van der Waals surface area contributed by atoms with Crippen LogP contribution in [0, 0.1) is 0 Å². The van der Waals surface area contributed by atoms with Crippen molar-refractivity contribution in [1.29, 1.82) is 0 Å². The summed E-state index contributed by atoms with van der Waals surface area (Å²) < 4.78 is 0.527. The summed E-state index contributed by atoms with van der Waals surface area (Å²) in [5.74, 6) is -0.350. The van der Waals surface area contributed by atoms with Crippen LogP contribution >= 0.6 is 35.6 Å². The van der Waals surface area contributed by atoms with Gasteiger partial charge >= 0.3 is 0 Å². The number of hydrogen-bond donors (Lipinski definition) is 0. The van der Waals surface area contributed by atoms with E-state index in [1.54, 1.807) is 9.80 Å². The van der Waals surface area contributed by atoms with Crippen LogP contribution in [0.3, 0.4) is 0 Å². The Hall–Kier alpha value is -2.15. The number of unbranched alkanes of at least 4 members (excludes halogenated alkanes) is 3. The molecule has 0 aliphatic carbocycles. The highest BCUT2D eigenvalue weighted by molar-refractivity contribution is 8.26. The molecule has 0 aromatic heterocycles. The minimum Gasteiger partial charge on any atom is -0.303 e. The highest BCUT2D eigenvalue weighted by Crippen LogP contribution is 2.45. The summed E-state index contributed by atoms with van der Waals surface area (Å²) in [6.07, 6.45) is 4.24. The number of rotatable bonds is 7. The van der Waals surface area contributed by atoms with E-state index in [1.165, 1.54) is 11.8 Å². The number of benzene rings is 2. The molecule has 1 saturated heterocycles. The molecule has 0 radical (unpaired) electrons. The lowest BCUT2D eigenvalue weighted by molar-refractivity contribution is -0.122. The Kier molecular flexibility index (Phi) is 6.80. The van der Waals surface area contributed by atoms with E-state index in [0.29, 0.717) is 32.9 Å². The van der Waals surface area contributed by atoms with Crippen molar-refractivity contribution in [3.05, 3.63) is 69.6 Å². The quantitative estimate of drug-likeness (QED) is 0.281. The lowest BCUT2D eigenvalue weighted by atomic mass is 10.1. The molecule has 7 heteroatoms. The van der Waals surface area contributed by atoms with Gasteiger partial charge in [-0.1, -0.05) is 98.2 Å². The first-order chi connectivity index (χ1) is 15.0. The van der Waals surface area contributed by atoms with Gasteiger partial charge in [0.15, 0.2) is 0 Å². The van der Waals surface area contributed by atoms with E-state index in [4.69, 9.17) is 23.8 Å². The van der Waals surface area contributed by atoms with Gasteiger partial charge in [-0.05, 0) is 24.1 Å². The van der Waals surface area contributed by atoms with E-state index in [-0.39, 0.29) is 11.8 Å². The van der Waals surface area contributed by atoms with Crippen LogP contribution in [0.1, 0.15) is 43.7 Å². The molecule has 1 fully saturated rings. The van der Waals surface area contributed by atoms with Crippen LogP contribution < -0.4 is 4.90 Å². The molecule has 2 aliphatic rings. The van der Waals surface area contributed by atoms with Crippen LogP contribution in [0.25, 0.3) is 5.57 Å². The fourth-order valence-electron chi connectivity index (χ4n) is 3.89. The minimum atomic E-state index is -0.187. The second-order valence-electron chi connectivity index (χ2n) is 7.59. The second-order valence-corrected chi connectivity index (χ2v) is 9.64. The molecular weight excluding hydrogens is 448 g/mol. The third-order valence-corrected chi connectivity index (χ3v) is 7.34. The number of fused-ring (bicyclic) bond motifs is 1. The van der Waals surface area contributed by atoms with Gasteiger partial charge in [0, 0.05) is 17.1 Å². The van der Waals surface area contributed by atoms with Crippen molar-refractivity contribution >= 4 is 63.0 Å². The molecule has 160 valence electrons. The molecule has 2 aromatic carbocycles. The summed E-state index contributed by atoms with van der Waals surface area (Å²) in [4.78, 5) is 30.5. The van der Waals surface area contributed by atoms with Crippen LogP contribution in [0.15, 0.2) is 53.4 Å². The summed E-state index contributed by atoms with van der Waals surface area (Å²) in [5, 5.41) is 0.611. The zero-order valence-corrected chi connectivity index (χ0v) is 19.7. The topological polar surface area (TPSA) is 40.6 Å². The fourth-order valence-corrected chi connectivity index (χ4v) is 5.47. The molecule has 0 N–H and O–H groups in total. The highest BCUT2D eigenvalue weighted by atomic mass is 35.5. The van der Waals surface area contributed by atoms with Crippen LogP contribution in [0.2, 0.25) is 5.02 Å². The molecule has 0 atom stereocenters. The Bertz CT molecular complexity index is 1080. The summed E-state index contributed by atoms with van der Waals surface area (Å²) in [7, 11) is 0. The average Bonchev–Trinajstić information content (AvgIpc) is 3.20. The summed E-state index contributed by atoms with van der Waals surface area (Å²) in [6, 6.07) is 15.1. The molecule has 31 heavy (non-hydrogen) atoms. The predicted octanol–water partition coefficient (Wildman–Crippen LogP) is 6.04. The van der Waals surface area contributed by atoms with Gasteiger partial charge in [0.05, 0.1) is 22.7 Å². The van der Waals surface area contributed by atoms with E-state index in [1.807, 2.05) is 48.5 Å². The first-order valence-electron chi connectivity index (χ1n) is 10.5. The maximum absolute atomic E-state index is 13.5. The molecule has 4 nitrogen and oxygen atoms in total. The van der Waals surface area contributed by atoms with E-state index < -0.39 is 0 Å². The number of nitrogens with zero attached hydrogens (tertiary/aromatic N) is 2. The summed E-state index contributed by atoms with van der Waals surface area (Å²) in [5.41, 5.74) is 2.86. The monoisotopic (exact) mass is 470 g/mol. The van der Waals surface area contributed by atoms with Crippen LogP contribution in [-0.4, -0.2) is 27.6 Å². The van der Waals surface area contributed by atoms with Crippen molar-refractivity contribution in [3.63, 3.8) is 0 Å². The normalized spacial score (nSPS) is 18.3. The van der Waals surface area contributed by atoms with Crippen molar-refractivity contribution in [2.75, 3.05) is 11.4 Å². The number of para-hydroxylation sites is 1. The summed E-state index contributed by atoms with van der Waals surface area (Å²) >= 11 is 13.1. The van der Waals surface area contributed by atoms with Gasteiger partial charge in [-0.25, -0.2) is 0 Å². The van der Waals surface area contributed by atoms with E-state index in [0.717, 1.165) is 42.5 Å². The number of thiocarbonyl (C=S) groups is 1. The van der Waals surface area contributed by atoms with Gasteiger partial charge in [0.25, 0.3) is 11.8 Å². The largest absolute Gasteiger partial charge is 0.303 e. The van der Waals surface area contributed by atoms with Gasteiger partial charge in [0.2, 0.25) is 0 Å². The molecule has 2 aromatic rings. The number of carbonyl (C=O) groups excluding carboxylic acids is 2. The van der Waals surface area contributed by atoms with Crippen LogP contribution in [0.5, 0.6) is 0 Å². The smallest absolute Gasteiger partial charge is 0.267 e. The Labute approximate surface area is 197 Å². The first-order valence-corrected chi connectivity index (χ1v) is 12.1. The predicted molar refractivity (Wildman–Crippen MR) is 132 cm³/mol. The lowest BCUT2D eigenvalue weighted by Crippen LogP contribution is -2.30. The minimum absolute atomic E-state index is 0.163. The van der Waals surface area contributed by atoms with Crippen molar-refractivity contribution < 1.29 is 9.59 Å². The average molecular weight is 471 g/mol. The van der Waals surface area contributed by atoms with E-state index in [9.17, 15) is 9.59 Å². The number of halogens is 1. The first kappa shape index (κ1) is 22.1. The third-order valence-electron chi connectivity index (χ3n) is 5.52. The maximum Gasteiger partial charge on any atom is 0.267 e. The van der Waals surface area contributed by atoms with Gasteiger partial charge in [-0.3, -0.25) is 14.5 Å². The van der Waals surface area contributed by atoms with E-state index >= 15 is 0 Å². The zero-order valence-electron chi connectivity index (χ0n) is 17.3. The molecule has 0 bridgehead atoms. The van der Waals surface area contributed by atoms with Gasteiger partial charge in [-0.2, -0.15) is 0 Å². The van der Waals surface area contributed by atoms with Crippen molar-refractivity contribution in [1.82, 2.24) is 4.90 Å². The molecule has 4 rings (SSSR count). The Morgan fingerprint density at radius 1 is 0.935 bits per heavy atom. The Morgan fingerprint density at radius 2 is 1.68 bits per heavy atom. The SMILES string of the molecule is CCCCCCN1C(=O)/C(=C2/C(=O)N(Cc3ccccc3Cl)c3ccccc32)SC1=S. The standard InChI is InChI=1S/C24H23ClN2O2S2/c1-2-3-4-9-14-26-23(29)21(31-24(26)30)20-17-11-6-8-13-19(17)27(22(20)28)15-16-10-5-7-12-18(16)25/h5-8,10-13H,2-4,9,14-15H2,1H3/b21-20-. The van der Waals surface area contributed by atoms with Gasteiger partial charge in [0.1, 0.15) is 4.32 Å².